The van der Waals surface area contributed by atoms with Crippen LogP contribution < -0.4 is 19.5 Å². The molecular formula is C20H29N3O3S. The van der Waals surface area contributed by atoms with Gasteiger partial charge in [-0.25, -0.2) is 4.99 Å². The smallest absolute Gasteiger partial charge is 0.193 e. The van der Waals surface area contributed by atoms with Crippen LogP contribution in [0.1, 0.15) is 17.4 Å². The minimum atomic E-state index is 0.481. The van der Waals surface area contributed by atoms with Crippen molar-refractivity contribution < 1.29 is 14.2 Å². The van der Waals surface area contributed by atoms with Crippen LogP contribution in [-0.4, -0.2) is 52.3 Å². The fourth-order valence-electron chi connectivity index (χ4n) is 2.68. The highest BCUT2D eigenvalue weighted by Crippen LogP contribution is 2.34. The highest BCUT2D eigenvalue weighted by atomic mass is 32.1. The first-order chi connectivity index (χ1) is 13.1. The van der Waals surface area contributed by atoms with E-state index in [0.29, 0.717) is 18.0 Å². The Kier molecular flexibility index (Phi) is 8.26. The molecule has 1 N–H and O–H groups in total. The molecule has 6 nitrogen and oxygen atoms in total. The van der Waals surface area contributed by atoms with Crippen LogP contribution in [0, 0.1) is 0 Å². The van der Waals surface area contributed by atoms with Crippen LogP contribution >= 0.6 is 11.3 Å². The monoisotopic (exact) mass is 391 g/mol. The Balaban J connectivity index is 2.15. The summed E-state index contributed by atoms with van der Waals surface area (Å²) >= 11 is 1.78. The minimum absolute atomic E-state index is 0.481. The fraction of sp³-hybridized carbons (Fsp3) is 0.450. The van der Waals surface area contributed by atoms with Crippen molar-refractivity contribution in [3.05, 3.63) is 40.1 Å². The fourth-order valence-corrected chi connectivity index (χ4v) is 3.38. The van der Waals surface area contributed by atoms with Crippen LogP contribution in [0.3, 0.4) is 0 Å². The molecule has 27 heavy (non-hydrogen) atoms. The molecule has 0 unspecified atom stereocenters. The van der Waals surface area contributed by atoms with Crippen LogP contribution in [0.2, 0.25) is 0 Å². The average molecular weight is 392 g/mol. The topological polar surface area (TPSA) is 55.3 Å². The number of likely N-dealkylation sites (N-methyl/N-ethyl adjacent to an activating group) is 1. The number of hydrogen-bond donors (Lipinski definition) is 1. The number of aliphatic imine (C=N–C) groups is 1. The minimum Gasteiger partial charge on any atom is -0.496 e. The maximum absolute atomic E-state index is 5.50. The number of benzene rings is 1. The zero-order valence-corrected chi connectivity index (χ0v) is 17.6. The van der Waals surface area contributed by atoms with Gasteiger partial charge in [0.15, 0.2) is 17.5 Å². The second kappa shape index (κ2) is 10.7. The first-order valence-corrected chi connectivity index (χ1v) is 9.81. The van der Waals surface area contributed by atoms with Gasteiger partial charge in [-0.15, -0.1) is 11.3 Å². The third-order valence-electron chi connectivity index (χ3n) is 4.16. The summed E-state index contributed by atoms with van der Waals surface area (Å²) in [6.07, 6.45) is 0.998. The van der Waals surface area contributed by atoms with E-state index in [1.54, 1.807) is 32.7 Å². The van der Waals surface area contributed by atoms with E-state index in [1.165, 1.54) is 4.88 Å². The van der Waals surface area contributed by atoms with E-state index in [9.17, 15) is 0 Å². The average Bonchev–Trinajstić information content (AvgIpc) is 3.22. The van der Waals surface area contributed by atoms with Crippen molar-refractivity contribution in [2.75, 3.05) is 41.5 Å². The molecule has 0 aliphatic carbocycles. The van der Waals surface area contributed by atoms with E-state index in [4.69, 9.17) is 19.2 Å². The van der Waals surface area contributed by atoms with Gasteiger partial charge in [-0.1, -0.05) is 6.07 Å². The summed E-state index contributed by atoms with van der Waals surface area (Å²) in [5, 5.41) is 5.46. The predicted octanol–water partition coefficient (Wildman–Crippen LogP) is 3.41. The molecule has 148 valence electrons. The van der Waals surface area contributed by atoms with E-state index >= 15 is 0 Å². The van der Waals surface area contributed by atoms with Crippen molar-refractivity contribution in [3.8, 4) is 17.2 Å². The molecule has 2 aromatic rings. The van der Waals surface area contributed by atoms with Crippen LogP contribution in [-0.2, 0) is 13.0 Å². The SMILES string of the molecule is CCNC(=NCc1cc(OC)c(OC)cc1OC)N(C)CCc1cccs1. The molecule has 1 aromatic carbocycles. The lowest BCUT2D eigenvalue weighted by atomic mass is 10.1. The number of nitrogens with one attached hydrogen (secondary N) is 1. The van der Waals surface area contributed by atoms with Crippen molar-refractivity contribution in [2.24, 2.45) is 4.99 Å². The number of hydrogen-bond acceptors (Lipinski definition) is 5. The molecule has 2 rings (SSSR count). The van der Waals surface area contributed by atoms with Crippen LogP contribution in [0.25, 0.3) is 0 Å². The van der Waals surface area contributed by atoms with Crippen LogP contribution in [0.5, 0.6) is 17.2 Å². The summed E-state index contributed by atoms with van der Waals surface area (Å²) in [5.74, 6) is 2.90. The molecule has 7 heteroatoms. The summed E-state index contributed by atoms with van der Waals surface area (Å²) in [6, 6.07) is 7.99. The highest BCUT2D eigenvalue weighted by molar-refractivity contribution is 7.09. The van der Waals surface area contributed by atoms with Crippen molar-refractivity contribution in [3.63, 3.8) is 0 Å². The lowest BCUT2D eigenvalue weighted by molar-refractivity contribution is 0.347. The van der Waals surface area contributed by atoms with Crippen molar-refractivity contribution >= 4 is 17.3 Å². The van der Waals surface area contributed by atoms with E-state index < -0.39 is 0 Å². The molecule has 0 bridgehead atoms. The maximum atomic E-state index is 5.50. The molecule has 0 amide bonds. The van der Waals surface area contributed by atoms with Gasteiger partial charge in [0.25, 0.3) is 0 Å². The molecule has 1 heterocycles. The Morgan fingerprint density at radius 2 is 1.81 bits per heavy atom. The molecule has 0 radical (unpaired) electrons. The predicted molar refractivity (Wildman–Crippen MR) is 112 cm³/mol. The summed E-state index contributed by atoms with van der Waals surface area (Å²) in [7, 11) is 6.94. The van der Waals surface area contributed by atoms with E-state index in [-0.39, 0.29) is 0 Å². The Bertz CT molecular complexity index is 732. The molecule has 0 spiro atoms. The van der Waals surface area contributed by atoms with Crippen molar-refractivity contribution in [2.45, 2.75) is 19.9 Å². The van der Waals surface area contributed by atoms with E-state index in [0.717, 1.165) is 36.8 Å². The lowest BCUT2D eigenvalue weighted by Gasteiger charge is -2.22. The normalized spacial score (nSPS) is 11.2. The zero-order valence-electron chi connectivity index (χ0n) is 16.7. The highest BCUT2D eigenvalue weighted by Gasteiger charge is 2.13. The molecular weight excluding hydrogens is 362 g/mol. The second-order valence-electron chi connectivity index (χ2n) is 5.94. The number of ether oxygens (including phenoxy) is 3. The second-order valence-corrected chi connectivity index (χ2v) is 6.97. The molecule has 0 aliphatic rings. The van der Waals surface area contributed by atoms with Crippen LogP contribution in [0.4, 0.5) is 0 Å². The van der Waals surface area contributed by atoms with Crippen LogP contribution in [0.15, 0.2) is 34.6 Å². The third kappa shape index (κ3) is 5.79. The van der Waals surface area contributed by atoms with Crippen molar-refractivity contribution in [1.29, 1.82) is 0 Å². The van der Waals surface area contributed by atoms with Gasteiger partial charge < -0.3 is 24.4 Å². The number of nitrogens with zero attached hydrogens (tertiary/aromatic N) is 2. The zero-order chi connectivity index (χ0) is 19.6. The standard InChI is InChI=1S/C20H29N3O3S/c1-6-21-20(23(2)10-9-16-8-7-11-27-16)22-14-15-12-18(25-4)19(26-5)13-17(15)24-3/h7-8,11-13H,6,9-10,14H2,1-5H3,(H,21,22). The first kappa shape index (κ1) is 20.9. The Morgan fingerprint density at radius 1 is 1.11 bits per heavy atom. The van der Waals surface area contributed by atoms with E-state index in [1.807, 2.05) is 12.1 Å². The number of guanidine groups is 1. The molecule has 0 saturated carbocycles. The molecule has 1 aromatic heterocycles. The number of methoxy groups -OCH3 is 3. The Morgan fingerprint density at radius 3 is 2.41 bits per heavy atom. The number of rotatable bonds is 9. The van der Waals surface area contributed by atoms with Crippen molar-refractivity contribution in [1.82, 2.24) is 10.2 Å². The maximum Gasteiger partial charge on any atom is 0.193 e. The van der Waals surface area contributed by atoms with Gasteiger partial charge in [-0.05, 0) is 30.9 Å². The van der Waals surface area contributed by atoms with Gasteiger partial charge in [-0.3, -0.25) is 0 Å². The Hall–Kier alpha value is -2.41. The molecule has 0 aliphatic heterocycles. The van der Waals surface area contributed by atoms with Gasteiger partial charge in [-0.2, -0.15) is 0 Å². The summed E-state index contributed by atoms with van der Waals surface area (Å²) in [6.45, 7) is 4.26. The number of thiophene rings is 1. The van der Waals surface area contributed by atoms with E-state index in [2.05, 4.69) is 41.7 Å². The molecule has 0 atom stereocenters. The van der Waals surface area contributed by atoms with Gasteiger partial charge in [0.1, 0.15) is 5.75 Å². The quantitative estimate of drug-likeness (QED) is 0.524. The molecule has 0 saturated heterocycles. The summed E-state index contributed by atoms with van der Waals surface area (Å²) in [5.41, 5.74) is 0.942. The lowest BCUT2D eigenvalue weighted by Crippen LogP contribution is -2.39. The first-order valence-electron chi connectivity index (χ1n) is 8.93. The summed E-state index contributed by atoms with van der Waals surface area (Å²) in [4.78, 5) is 8.31. The van der Waals surface area contributed by atoms with Gasteiger partial charge in [0.2, 0.25) is 0 Å². The third-order valence-corrected chi connectivity index (χ3v) is 5.09. The van der Waals surface area contributed by atoms with Gasteiger partial charge >= 0.3 is 0 Å². The largest absolute Gasteiger partial charge is 0.496 e. The Labute approximate surface area is 165 Å². The summed E-state index contributed by atoms with van der Waals surface area (Å²) < 4.78 is 16.2. The van der Waals surface area contributed by atoms with Gasteiger partial charge in [0.05, 0.1) is 27.9 Å². The molecule has 0 fully saturated rings. The van der Waals surface area contributed by atoms with Gasteiger partial charge in [0, 0.05) is 36.6 Å².